The lowest BCUT2D eigenvalue weighted by Crippen LogP contribution is -2.51. The van der Waals surface area contributed by atoms with Crippen LogP contribution in [0.1, 0.15) is 36.1 Å². The number of halogens is 1. The highest BCUT2D eigenvalue weighted by Gasteiger charge is 2.30. The predicted octanol–water partition coefficient (Wildman–Crippen LogP) is 6.29. The summed E-state index contributed by atoms with van der Waals surface area (Å²) in [4.78, 5) is 28.8. The largest absolute Gasteiger partial charge is 0.354 e. The minimum absolute atomic E-state index is 0.0526. The van der Waals surface area contributed by atoms with E-state index in [0.29, 0.717) is 36.2 Å². The first-order valence-electron chi connectivity index (χ1n) is 12.3. The molecule has 0 saturated carbocycles. The molecule has 3 aromatic carbocycles. The van der Waals surface area contributed by atoms with Crippen LogP contribution in [0.4, 0.5) is 0 Å². The van der Waals surface area contributed by atoms with Gasteiger partial charge in [-0.3, -0.25) is 9.59 Å². The SMILES string of the molecule is Cc1ccc(CN(C(=O)CSCc2cccc(Cl)c2)[C@H](Cc2ccccc2)C(=O)NCC(C)C)cc1. The smallest absolute Gasteiger partial charge is 0.243 e. The van der Waals surface area contributed by atoms with Gasteiger partial charge in [0, 0.05) is 30.3 Å². The monoisotopic (exact) mass is 522 g/mol. The van der Waals surface area contributed by atoms with Gasteiger partial charge in [-0.25, -0.2) is 0 Å². The second kappa shape index (κ2) is 14.1. The van der Waals surface area contributed by atoms with E-state index in [2.05, 4.69) is 19.2 Å². The van der Waals surface area contributed by atoms with Crippen molar-refractivity contribution in [2.75, 3.05) is 12.3 Å². The standard InChI is InChI=1S/C30H35ClN2O2S/c1-22(2)18-32-30(35)28(17-24-8-5-4-6-9-24)33(19-25-14-12-23(3)13-15-25)29(34)21-36-20-26-10-7-11-27(31)16-26/h4-16,22,28H,17-21H2,1-3H3,(H,32,35)/t28-/m1/s1. The number of hydrogen-bond donors (Lipinski definition) is 1. The van der Waals surface area contributed by atoms with Crippen LogP contribution in [-0.2, 0) is 28.3 Å². The molecule has 0 aliphatic carbocycles. The minimum atomic E-state index is -0.605. The zero-order valence-corrected chi connectivity index (χ0v) is 22.8. The van der Waals surface area contributed by atoms with Gasteiger partial charge in [0.05, 0.1) is 5.75 Å². The molecule has 3 aromatic rings. The van der Waals surface area contributed by atoms with Gasteiger partial charge in [-0.05, 0) is 41.7 Å². The Morgan fingerprint density at radius 1 is 0.917 bits per heavy atom. The van der Waals surface area contributed by atoms with Crippen LogP contribution in [0.5, 0.6) is 0 Å². The normalized spacial score (nSPS) is 11.8. The molecule has 3 rings (SSSR count). The number of amides is 2. The topological polar surface area (TPSA) is 49.4 Å². The number of hydrogen-bond acceptors (Lipinski definition) is 3. The average Bonchev–Trinajstić information content (AvgIpc) is 2.86. The number of aryl methyl sites for hydroxylation is 1. The van der Waals surface area contributed by atoms with Crippen molar-refractivity contribution in [3.05, 3.63) is 106 Å². The number of benzene rings is 3. The van der Waals surface area contributed by atoms with Gasteiger partial charge in [-0.2, -0.15) is 0 Å². The molecule has 36 heavy (non-hydrogen) atoms. The maximum absolute atomic E-state index is 13.6. The number of thioether (sulfide) groups is 1. The summed E-state index contributed by atoms with van der Waals surface area (Å²) in [6.07, 6.45) is 0.460. The number of rotatable bonds is 12. The van der Waals surface area contributed by atoms with E-state index in [-0.39, 0.29) is 17.6 Å². The molecule has 0 aliphatic rings. The van der Waals surface area contributed by atoms with E-state index in [0.717, 1.165) is 22.3 Å². The third-order valence-electron chi connectivity index (χ3n) is 5.81. The molecule has 6 heteroatoms. The highest BCUT2D eigenvalue weighted by Crippen LogP contribution is 2.20. The van der Waals surface area contributed by atoms with Crippen molar-refractivity contribution in [1.82, 2.24) is 10.2 Å². The fourth-order valence-corrected chi connectivity index (χ4v) is 4.90. The Morgan fingerprint density at radius 2 is 1.61 bits per heavy atom. The van der Waals surface area contributed by atoms with E-state index in [4.69, 9.17) is 11.6 Å². The predicted molar refractivity (Wildman–Crippen MR) is 151 cm³/mol. The minimum Gasteiger partial charge on any atom is -0.354 e. The maximum Gasteiger partial charge on any atom is 0.243 e. The van der Waals surface area contributed by atoms with Gasteiger partial charge in [-0.1, -0.05) is 97.7 Å². The van der Waals surface area contributed by atoms with E-state index < -0.39 is 6.04 Å². The highest BCUT2D eigenvalue weighted by atomic mass is 35.5. The quantitative estimate of drug-likeness (QED) is 0.304. The third-order valence-corrected chi connectivity index (χ3v) is 7.04. The first-order valence-corrected chi connectivity index (χ1v) is 13.8. The fraction of sp³-hybridized carbons (Fsp3) is 0.333. The third kappa shape index (κ3) is 9.03. The molecule has 1 N–H and O–H groups in total. The Kier molecular flexibility index (Phi) is 10.9. The molecule has 1 atom stereocenters. The molecular formula is C30H35ClN2O2S. The molecule has 0 aromatic heterocycles. The molecule has 0 aliphatic heterocycles. The molecule has 0 unspecified atom stereocenters. The van der Waals surface area contributed by atoms with Crippen LogP contribution in [0.25, 0.3) is 0 Å². The molecule has 0 bridgehead atoms. The lowest BCUT2D eigenvalue weighted by Gasteiger charge is -2.32. The van der Waals surface area contributed by atoms with Crippen molar-refractivity contribution in [1.29, 1.82) is 0 Å². The number of nitrogens with one attached hydrogen (secondary N) is 1. The van der Waals surface area contributed by atoms with E-state index in [1.165, 1.54) is 11.8 Å². The zero-order valence-electron chi connectivity index (χ0n) is 21.2. The maximum atomic E-state index is 13.6. The molecule has 0 radical (unpaired) electrons. The first-order chi connectivity index (χ1) is 17.3. The summed E-state index contributed by atoms with van der Waals surface area (Å²) in [7, 11) is 0. The Bertz CT molecular complexity index is 1120. The van der Waals surface area contributed by atoms with Crippen molar-refractivity contribution >= 4 is 35.2 Å². The number of nitrogens with zero attached hydrogens (tertiary/aromatic N) is 1. The summed E-state index contributed by atoms with van der Waals surface area (Å²) in [5.74, 6) is 1.10. The molecule has 0 saturated heterocycles. The lowest BCUT2D eigenvalue weighted by molar-refractivity contribution is -0.139. The van der Waals surface area contributed by atoms with E-state index in [1.54, 1.807) is 4.90 Å². The molecule has 0 spiro atoms. The lowest BCUT2D eigenvalue weighted by atomic mass is 10.0. The second-order valence-electron chi connectivity index (χ2n) is 9.47. The van der Waals surface area contributed by atoms with E-state index >= 15 is 0 Å². The Hall–Kier alpha value is -2.76. The Labute approximate surface area is 224 Å². The van der Waals surface area contributed by atoms with Crippen molar-refractivity contribution < 1.29 is 9.59 Å². The fourth-order valence-electron chi connectivity index (χ4n) is 3.83. The summed E-state index contributed by atoms with van der Waals surface area (Å²) in [6.45, 7) is 7.11. The van der Waals surface area contributed by atoms with Crippen LogP contribution >= 0.6 is 23.4 Å². The molecule has 4 nitrogen and oxygen atoms in total. The van der Waals surface area contributed by atoms with Gasteiger partial charge < -0.3 is 10.2 Å². The summed E-state index contributed by atoms with van der Waals surface area (Å²) >= 11 is 7.65. The molecule has 0 heterocycles. The van der Waals surface area contributed by atoms with Crippen molar-refractivity contribution in [2.24, 2.45) is 5.92 Å². The van der Waals surface area contributed by atoms with Crippen molar-refractivity contribution in [3.8, 4) is 0 Å². The molecule has 190 valence electrons. The summed E-state index contributed by atoms with van der Waals surface area (Å²) < 4.78 is 0. The summed E-state index contributed by atoms with van der Waals surface area (Å²) in [5.41, 5.74) is 4.25. The number of carbonyl (C=O) groups is 2. The van der Waals surface area contributed by atoms with E-state index in [1.807, 2.05) is 85.8 Å². The van der Waals surface area contributed by atoms with Gasteiger partial charge in [-0.15, -0.1) is 11.8 Å². The first kappa shape index (κ1) is 27.8. The van der Waals surface area contributed by atoms with Crippen molar-refractivity contribution in [2.45, 2.75) is 45.5 Å². The van der Waals surface area contributed by atoms with Crippen LogP contribution < -0.4 is 5.32 Å². The zero-order chi connectivity index (χ0) is 25.9. The van der Waals surface area contributed by atoms with Gasteiger partial charge in [0.25, 0.3) is 0 Å². The van der Waals surface area contributed by atoms with Gasteiger partial charge >= 0.3 is 0 Å². The Balaban J connectivity index is 1.83. The van der Waals surface area contributed by atoms with E-state index in [9.17, 15) is 9.59 Å². The highest BCUT2D eigenvalue weighted by molar-refractivity contribution is 7.99. The second-order valence-corrected chi connectivity index (χ2v) is 10.9. The molecule has 2 amide bonds. The van der Waals surface area contributed by atoms with Crippen LogP contribution in [0, 0.1) is 12.8 Å². The van der Waals surface area contributed by atoms with Crippen LogP contribution in [0.2, 0.25) is 5.02 Å². The molecule has 0 fully saturated rings. The van der Waals surface area contributed by atoms with Crippen molar-refractivity contribution in [3.63, 3.8) is 0 Å². The van der Waals surface area contributed by atoms with Crippen LogP contribution in [-0.4, -0.2) is 35.1 Å². The average molecular weight is 523 g/mol. The van der Waals surface area contributed by atoms with Crippen LogP contribution in [0.15, 0.2) is 78.9 Å². The van der Waals surface area contributed by atoms with Gasteiger partial charge in [0.2, 0.25) is 11.8 Å². The van der Waals surface area contributed by atoms with Crippen LogP contribution in [0.3, 0.4) is 0 Å². The van der Waals surface area contributed by atoms with Gasteiger partial charge in [0.1, 0.15) is 6.04 Å². The molecular weight excluding hydrogens is 488 g/mol. The van der Waals surface area contributed by atoms with Gasteiger partial charge in [0.15, 0.2) is 0 Å². The summed E-state index contributed by atoms with van der Waals surface area (Å²) in [6, 6.07) is 25.1. The Morgan fingerprint density at radius 3 is 2.28 bits per heavy atom. The summed E-state index contributed by atoms with van der Waals surface area (Å²) in [5, 5.41) is 3.75. The number of carbonyl (C=O) groups excluding carboxylic acids is 2.